The fraction of sp³-hybridized carbons (Fsp3) is 0.136. The number of carbonyl (C=O) groups excluding carboxylic acids is 1. The van der Waals surface area contributed by atoms with Crippen molar-refractivity contribution in [2.45, 2.75) is 18.8 Å². The number of rotatable bonds is 4. The molecule has 0 radical (unpaired) electrons. The lowest BCUT2D eigenvalue weighted by atomic mass is 10.0. The lowest BCUT2D eigenvalue weighted by Gasteiger charge is -2.07. The Bertz CT molecular complexity index is 831. The third-order valence-electron chi connectivity index (χ3n) is 4.47. The minimum absolute atomic E-state index is 0.0752. The summed E-state index contributed by atoms with van der Waals surface area (Å²) in [5, 5.41) is 2.97. The topological polar surface area (TPSA) is 29.1 Å². The number of hydrogen-bond acceptors (Lipinski definition) is 1. The molecule has 0 unspecified atom stereocenters. The van der Waals surface area contributed by atoms with E-state index in [1.54, 1.807) is 0 Å². The second kappa shape index (κ2) is 6.32. The molecule has 4 rings (SSSR count). The lowest BCUT2D eigenvalue weighted by molar-refractivity contribution is 0.102. The molecule has 0 saturated heterocycles. The van der Waals surface area contributed by atoms with Gasteiger partial charge in [0.25, 0.3) is 5.91 Å². The molecule has 118 valence electrons. The molecule has 3 aromatic carbocycles. The number of carbonyl (C=O) groups is 1. The summed E-state index contributed by atoms with van der Waals surface area (Å²) < 4.78 is 0. The molecular weight excluding hydrogens is 294 g/mol. The summed E-state index contributed by atoms with van der Waals surface area (Å²) in [6.07, 6.45) is 2.58. The van der Waals surface area contributed by atoms with E-state index in [4.69, 9.17) is 0 Å². The molecule has 2 nitrogen and oxygen atoms in total. The van der Waals surface area contributed by atoms with Crippen LogP contribution in [0.2, 0.25) is 0 Å². The highest BCUT2D eigenvalue weighted by atomic mass is 16.1. The average Bonchev–Trinajstić information content (AvgIpc) is 3.48. The van der Waals surface area contributed by atoms with Gasteiger partial charge in [-0.05, 0) is 59.7 Å². The maximum atomic E-state index is 12.4. The Hall–Kier alpha value is -2.87. The Morgan fingerprint density at radius 3 is 2.00 bits per heavy atom. The number of hydrogen-bond donors (Lipinski definition) is 1. The van der Waals surface area contributed by atoms with Crippen LogP contribution in [0.3, 0.4) is 0 Å². The van der Waals surface area contributed by atoms with Crippen molar-refractivity contribution in [2.75, 3.05) is 5.32 Å². The molecule has 0 aromatic heterocycles. The highest BCUT2D eigenvalue weighted by Gasteiger charge is 2.23. The van der Waals surface area contributed by atoms with Crippen LogP contribution in [0.5, 0.6) is 0 Å². The van der Waals surface area contributed by atoms with Crippen molar-refractivity contribution in [3.8, 4) is 11.1 Å². The molecule has 1 N–H and O–H groups in total. The molecule has 0 spiro atoms. The van der Waals surface area contributed by atoms with Crippen LogP contribution >= 0.6 is 0 Å². The zero-order chi connectivity index (χ0) is 16.4. The quantitative estimate of drug-likeness (QED) is 0.678. The minimum Gasteiger partial charge on any atom is -0.322 e. The van der Waals surface area contributed by atoms with E-state index in [0.29, 0.717) is 5.56 Å². The summed E-state index contributed by atoms with van der Waals surface area (Å²) in [6.45, 7) is 0. The van der Waals surface area contributed by atoms with Gasteiger partial charge in [0.05, 0.1) is 0 Å². The predicted molar refractivity (Wildman–Crippen MR) is 98.2 cm³/mol. The fourth-order valence-electron chi connectivity index (χ4n) is 2.90. The van der Waals surface area contributed by atoms with E-state index in [1.165, 1.54) is 18.4 Å². The van der Waals surface area contributed by atoms with Gasteiger partial charge in [-0.15, -0.1) is 0 Å². The Morgan fingerprint density at radius 2 is 1.38 bits per heavy atom. The monoisotopic (exact) mass is 313 g/mol. The molecule has 1 fully saturated rings. The summed E-state index contributed by atoms with van der Waals surface area (Å²) in [4.78, 5) is 12.4. The smallest absolute Gasteiger partial charge is 0.255 e. The molecular formula is C22H19NO. The van der Waals surface area contributed by atoms with E-state index in [1.807, 2.05) is 54.6 Å². The van der Waals surface area contributed by atoms with Crippen LogP contribution in [-0.2, 0) is 0 Å². The fourth-order valence-corrected chi connectivity index (χ4v) is 2.90. The summed E-state index contributed by atoms with van der Waals surface area (Å²) in [5.74, 6) is 0.661. The van der Waals surface area contributed by atoms with Gasteiger partial charge in [-0.3, -0.25) is 4.79 Å². The van der Waals surface area contributed by atoms with Gasteiger partial charge in [-0.2, -0.15) is 0 Å². The number of benzene rings is 3. The minimum atomic E-state index is -0.0752. The van der Waals surface area contributed by atoms with Crippen LogP contribution in [0, 0.1) is 0 Å². The van der Waals surface area contributed by atoms with E-state index in [9.17, 15) is 4.79 Å². The molecule has 1 aliphatic carbocycles. The molecule has 1 amide bonds. The molecule has 1 saturated carbocycles. The molecule has 0 bridgehead atoms. The van der Waals surface area contributed by atoms with Gasteiger partial charge in [0.2, 0.25) is 0 Å². The maximum Gasteiger partial charge on any atom is 0.255 e. The number of amides is 1. The van der Waals surface area contributed by atoms with Crippen LogP contribution in [0.4, 0.5) is 5.69 Å². The normalized spacial score (nSPS) is 13.5. The van der Waals surface area contributed by atoms with Gasteiger partial charge in [-0.25, -0.2) is 0 Å². The van der Waals surface area contributed by atoms with Gasteiger partial charge in [0, 0.05) is 11.3 Å². The van der Waals surface area contributed by atoms with Crippen molar-refractivity contribution in [1.82, 2.24) is 0 Å². The lowest BCUT2D eigenvalue weighted by Crippen LogP contribution is -2.11. The zero-order valence-corrected chi connectivity index (χ0v) is 13.4. The van der Waals surface area contributed by atoms with Gasteiger partial charge in [-0.1, -0.05) is 54.6 Å². The summed E-state index contributed by atoms with van der Waals surface area (Å²) in [5.41, 5.74) is 5.15. The van der Waals surface area contributed by atoms with E-state index >= 15 is 0 Å². The number of anilines is 1. The SMILES string of the molecule is O=C(Nc1ccc(C2CC2)cc1)c1ccc(-c2ccccc2)cc1. The van der Waals surface area contributed by atoms with Crippen LogP contribution in [0.25, 0.3) is 11.1 Å². The summed E-state index contributed by atoms with van der Waals surface area (Å²) in [7, 11) is 0. The van der Waals surface area contributed by atoms with Gasteiger partial charge in [0.15, 0.2) is 0 Å². The maximum absolute atomic E-state index is 12.4. The molecule has 0 aliphatic heterocycles. The van der Waals surface area contributed by atoms with Crippen molar-refractivity contribution in [1.29, 1.82) is 0 Å². The Labute approximate surface area is 142 Å². The van der Waals surface area contributed by atoms with E-state index in [0.717, 1.165) is 22.7 Å². The highest BCUT2D eigenvalue weighted by Crippen LogP contribution is 2.40. The molecule has 24 heavy (non-hydrogen) atoms. The molecule has 0 atom stereocenters. The van der Waals surface area contributed by atoms with Crippen molar-refractivity contribution in [2.24, 2.45) is 0 Å². The third kappa shape index (κ3) is 3.23. The zero-order valence-electron chi connectivity index (χ0n) is 13.4. The second-order valence-corrected chi connectivity index (χ2v) is 6.29. The Kier molecular flexibility index (Phi) is 3.87. The number of nitrogens with one attached hydrogen (secondary N) is 1. The van der Waals surface area contributed by atoms with Crippen molar-refractivity contribution >= 4 is 11.6 Å². The van der Waals surface area contributed by atoms with Gasteiger partial charge in [0.1, 0.15) is 0 Å². The molecule has 2 heteroatoms. The Balaban J connectivity index is 1.46. The van der Waals surface area contributed by atoms with Crippen molar-refractivity contribution in [3.63, 3.8) is 0 Å². The largest absolute Gasteiger partial charge is 0.322 e. The predicted octanol–water partition coefficient (Wildman–Crippen LogP) is 5.48. The highest BCUT2D eigenvalue weighted by molar-refractivity contribution is 6.04. The van der Waals surface area contributed by atoms with Crippen molar-refractivity contribution < 1.29 is 4.79 Å². The molecule has 1 aliphatic rings. The van der Waals surface area contributed by atoms with Gasteiger partial charge < -0.3 is 5.32 Å². The van der Waals surface area contributed by atoms with E-state index in [2.05, 4.69) is 29.6 Å². The van der Waals surface area contributed by atoms with E-state index < -0.39 is 0 Å². The molecule has 3 aromatic rings. The third-order valence-corrected chi connectivity index (χ3v) is 4.47. The standard InChI is InChI=1S/C22H19NO/c24-22(23-21-14-12-19(13-15-21)18-6-7-18)20-10-8-17(9-11-20)16-4-2-1-3-5-16/h1-5,8-15,18H,6-7H2,(H,23,24). The first-order valence-corrected chi connectivity index (χ1v) is 8.36. The van der Waals surface area contributed by atoms with E-state index in [-0.39, 0.29) is 5.91 Å². The first-order chi connectivity index (χ1) is 11.8. The van der Waals surface area contributed by atoms with Crippen LogP contribution in [0.1, 0.15) is 34.7 Å². The second-order valence-electron chi connectivity index (χ2n) is 6.29. The van der Waals surface area contributed by atoms with Gasteiger partial charge >= 0.3 is 0 Å². The summed E-state index contributed by atoms with van der Waals surface area (Å²) >= 11 is 0. The van der Waals surface area contributed by atoms with Crippen LogP contribution < -0.4 is 5.32 Å². The first kappa shape index (κ1) is 14.7. The van der Waals surface area contributed by atoms with Crippen LogP contribution in [0.15, 0.2) is 78.9 Å². The summed E-state index contributed by atoms with van der Waals surface area (Å²) in [6, 6.07) is 26.1. The first-order valence-electron chi connectivity index (χ1n) is 8.36. The Morgan fingerprint density at radius 1 is 0.750 bits per heavy atom. The average molecular weight is 313 g/mol. The molecule has 0 heterocycles. The van der Waals surface area contributed by atoms with Crippen LogP contribution in [-0.4, -0.2) is 5.91 Å². The van der Waals surface area contributed by atoms with Crippen molar-refractivity contribution in [3.05, 3.63) is 90.0 Å².